The number of ether oxygens (including phenoxy) is 1. The van der Waals surface area contributed by atoms with E-state index in [1.54, 1.807) is 6.92 Å². The fraction of sp³-hybridized carbons (Fsp3) is 1.00. The maximum atomic E-state index is 10.3. The van der Waals surface area contributed by atoms with E-state index in [4.69, 9.17) is 14.9 Å². The first-order valence-corrected chi connectivity index (χ1v) is 4.06. The Bertz CT molecular complexity index is 188. The normalized spacial score (nSPS) is 46.0. The molecule has 0 aromatic rings. The van der Waals surface area contributed by atoms with Gasteiger partial charge in [-0.05, 0) is 0 Å². The zero-order valence-electron chi connectivity index (χ0n) is 7.20. The van der Waals surface area contributed by atoms with Crippen LogP contribution in [-0.2, 0) is 4.74 Å². The third-order valence-corrected chi connectivity index (χ3v) is 2.38. The van der Waals surface area contributed by atoms with Crippen LogP contribution in [0.15, 0.2) is 5.18 Å². The van der Waals surface area contributed by atoms with Gasteiger partial charge in [0.05, 0.1) is 12.7 Å². The minimum Gasteiger partial charge on any atom is -0.394 e. The molecule has 0 aliphatic carbocycles. The molecule has 76 valence electrons. The third kappa shape index (κ3) is 1.86. The predicted octanol–water partition coefficient (Wildman–Crippen LogP) is -1.17. The van der Waals surface area contributed by atoms with E-state index >= 15 is 0 Å². The lowest BCUT2D eigenvalue weighted by Crippen LogP contribution is -2.53. The summed E-state index contributed by atoms with van der Waals surface area (Å²) in [6.07, 6.45) is -3.41. The molecule has 1 aliphatic rings. The molecule has 0 saturated carbocycles. The van der Waals surface area contributed by atoms with Crippen LogP contribution in [0.4, 0.5) is 0 Å². The van der Waals surface area contributed by atoms with E-state index in [9.17, 15) is 10.0 Å². The Labute approximate surface area is 75.1 Å². The quantitative estimate of drug-likeness (QED) is 0.477. The van der Waals surface area contributed by atoms with Crippen molar-refractivity contribution >= 4 is 0 Å². The van der Waals surface area contributed by atoms with Gasteiger partial charge in [0.1, 0.15) is 12.1 Å². The van der Waals surface area contributed by atoms with Gasteiger partial charge in [0.2, 0.25) is 0 Å². The molecule has 3 N–H and O–H groups in total. The second-order valence-electron chi connectivity index (χ2n) is 3.19. The maximum absolute atomic E-state index is 10.3. The summed E-state index contributed by atoms with van der Waals surface area (Å²) in [4.78, 5) is 10.3. The van der Waals surface area contributed by atoms with Gasteiger partial charge in [-0.25, -0.2) is 0 Å². The maximum Gasteiger partial charge on any atom is 0.183 e. The van der Waals surface area contributed by atoms with Crippen molar-refractivity contribution in [3.8, 4) is 0 Å². The van der Waals surface area contributed by atoms with Gasteiger partial charge in [0.25, 0.3) is 0 Å². The molecule has 6 nitrogen and oxygen atoms in total. The lowest BCUT2D eigenvalue weighted by Gasteiger charge is -2.37. The van der Waals surface area contributed by atoms with E-state index in [0.717, 1.165) is 0 Å². The molecule has 0 spiro atoms. The molecule has 1 fully saturated rings. The van der Waals surface area contributed by atoms with E-state index < -0.39 is 30.5 Å². The smallest absolute Gasteiger partial charge is 0.183 e. The van der Waals surface area contributed by atoms with Gasteiger partial charge < -0.3 is 20.1 Å². The lowest BCUT2D eigenvalue weighted by molar-refractivity contribution is -0.243. The molecule has 0 aromatic heterocycles. The highest BCUT2D eigenvalue weighted by Crippen LogP contribution is 2.26. The van der Waals surface area contributed by atoms with Crippen LogP contribution < -0.4 is 0 Å². The van der Waals surface area contributed by atoms with Gasteiger partial charge in [-0.3, -0.25) is 0 Å². The fourth-order valence-corrected chi connectivity index (χ4v) is 1.45. The van der Waals surface area contributed by atoms with Crippen molar-refractivity contribution in [1.29, 1.82) is 0 Å². The molecular formula is C7H13NO5. The molecule has 5 atom stereocenters. The largest absolute Gasteiger partial charge is 0.394 e. The number of aliphatic hydroxyl groups is 3. The molecule has 0 amide bonds. The van der Waals surface area contributed by atoms with Crippen molar-refractivity contribution in [2.75, 3.05) is 6.61 Å². The molecular weight excluding hydrogens is 178 g/mol. The summed E-state index contributed by atoms with van der Waals surface area (Å²) in [6, 6.07) is -0.930. The van der Waals surface area contributed by atoms with E-state index in [2.05, 4.69) is 5.18 Å². The SMILES string of the molecule is C[C@@H]1C(CO)O[C@H](O)[C@@H](O)C1N=O. The Kier molecular flexibility index (Phi) is 3.32. The predicted molar refractivity (Wildman–Crippen MR) is 42.7 cm³/mol. The van der Waals surface area contributed by atoms with Crippen LogP contribution in [0.3, 0.4) is 0 Å². The van der Waals surface area contributed by atoms with Crippen molar-refractivity contribution in [3.63, 3.8) is 0 Å². The van der Waals surface area contributed by atoms with Crippen molar-refractivity contribution in [1.82, 2.24) is 0 Å². The van der Waals surface area contributed by atoms with E-state index in [1.165, 1.54) is 0 Å². The van der Waals surface area contributed by atoms with Crippen LogP contribution in [0.2, 0.25) is 0 Å². The number of rotatable bonds is 2. The topological polar surface area (TPSA) is 99.3 Å². The second kappa shape index (κ2) is 4.10. The van der Waals surface area contributed by atoms with Crippen molar-refractivity contribution < 1.29 is 20.1 Å². The molecule has 13 heavy (non-hydrogen) atoms. The van der Waals surface area contributed by atoms with Crippen LogP contribution in [0.1, 0.15) is 6.92 Å². The first-order chi connectivity index (χ1) is 6.11. The van der Waals surface area contributed by atoms with Crippen LogP contribution in [0, 0.1) is 10.8 Å². The first-order valence-electron chi connectivity index (χ1n) is 4.06. The standard InChI is InChI=1S/C7H13NO5/c1-3-4(2-9)13-7(11)6(10)5(3)8-12/h3-7,9-11H,2H2,1H3/t3-,4?,5?,6+,7+/m1/s1. The van der Waals surface area contributed by atoms with E-state index in [1.807, 2.05) is 0 Å². The minimum atomic E-state index is -1.45. The highest BCUT2D eigenvalue weighted by Gasteiger charge is 2.43. The summed E-state index contributed by atoms with van der Waals surface area (Å²) in [5.41, 5.74) is 0. The Hall–Kier alpha value is -0.560. The van der Waals surface area contributed by atoms with Crippen molar-refractivity contribution in [3.05, 3.63) is 4.91 Å². The van der Waals surface area contributed by atoms with Crippen LogP contribution in [-0.4, -0.2) is 46.5 Å². The van der Waals surface area contributed by atoms with Crippen LogP contribution in [0.5, 0.6) is 0 Å². The summed E-state index contributed by atoms with van der Waals surface area (Å²) in [7, 11) is 0. The molecule has 0 aromatic carbocycles. The average molecular weight is 191 g/mol. The molecule has 0 radical (unpaired) electrons. The summed E-state index contributed by atoms with van der Waals surface area (Å²) >= 11 is 0. The molecule has 1 aliphatic heterocycles. The first kappa shape index (κ1) is 10.5. The van der Waals surface area contributed by atoms with Gasteiger partial charge in [-0.15, -0.1) is 0 Å². The zero-order valence-corrected chi connectivity index (χ0v) is 7.20. The van der Waals surface area contributed by atoms with E-state index in [-0.39, 0.29) is 6.61 Å². The minimum absolute atomic E-state index is 0.309. The zero-order chi connectivity index (χ0) is 10.0. The Morgan fingerprint density at radius 1 is 1.46 bits per heavy atom. The molecule has 1 rings (SSSR count). The van der Waals surface area contributed by atoms with Gasteiger partial charge in [-0.2, -0.15) is 4.91 Å². The van der Waals surface area contributed by atoms with Gasteiger partial charge in [0.15, 0.2) is 6.29 Å². The van der Waals surface area contributed by atoms with Crippen molar-refractivity contribution in [2.45, 2.75) is 31.5 Å². The number of nitroso groups, excluding NO2 is 1. The number of aliphatic hydroxyl groups excluding tert-OH is 3. The van der Waals surface area contributed by atoms with Crippen molar-refractivity contribution in [2.24, 2.45) is 11.1 Å². The summed E-state index contributed by atoms with van der Waals surface area (Å²) in [5, 5.41) is 29.9. The van der Waals surface area contributed by atoms with Gasteiger partial charge in [0, 0.05) is 5.92 Å². The summed E-state index contributed by atoms with van der Waals surface area (Å²) in [6.45, 7) is 1.32. The highest BCUT2D eigenvalue weighted by atomic mass is 16.6. The second-order valence-corrected chi connectivity index (χ2v) is 3.19. The Balaban J connectivity index is 2.74. The molecule has 2 unspecified atom stereocenters. The van der Waals surface area contributed by atoms with Crippen LogP contribution >= 0.6 is 0 Å². The monoisotopic (exact) mass is 191 g/mol. The number of hydrogen-bond donors (Lipinski definition) is 3. The van der Waals surface area contributed by atoms with Crippen LogP contribution in [0.25, 0.3) is 0 Å². The highest BCUT2D eigenvalue weighted by molar-refractivity contribution is 4.90. The van der Waals surface area contributed by atoms with E-state index in [0.29, 0.717) is 0 Å². The number of nitrogens with zero attached hydrogens (tertiary/aromatic N) is 1. The Morgan fingerprint density at radius 3 is 2.54 bits per heavy atom. The molecule has 1 heterocycles. The summed E-state index contributed by atoms with van der Waals surface area (Å²) in [5.74, 6) is -0.402. The lowest BCUT2D eigenvalue weighted by atomic mass is 9.89. The fourth-order valence-electron chi connectivity index (χ4n) is 1.45. The third-order valence-electron chi connectivity index (χ3n) is 2.38. The van der Waals surface area contributed by atoms with Gasteiger partial charge >= 0.3 is 0 Å². The average Bonchev–Trinajstić information content (AvgIpc) is 2.12. The molecule has 1 saturated heterocycles. The summed E-state index contributed by atoms with van der Waals surface area (Å²) < 4.78 is 4.85. The molecule has 0 bridgehead atoms. The Morgan fingerprint density at radius 2 is 2.08 bits per heavy atom. The number of hydrogen-bond acceptors (Lipinski definition) is 6. The van der Waals surface area contributed by atoms with Gasteiger partial charge in [-0.1, -0.05) is 12.1 Å². The molecule has 6 heteroatoms.